The SMILES string of the molecule is Cn1ccnc1-c1nnnn1CCCN. The van der Waals surface area contributed by atoms with Crippen LogP contribution >= 0.6 is 0 Å². The first kappa shape index (κ1) is 9.78. The van der Waals surface area contributed by atoms with Gasteiger partial charge in [0.05, 0.1) is 0 Å². The highest BCUT2D eigenvalue weighted by Crippen LogP contribution is 2.11. The molecule has 0 bridgehead atoms. The molecule has 80 valence electrons. The Labute approximate surface area is 86.9 Å². The van der Waals surface area contributed by atoms with Crippen molar-refractivity contribution >= 4 is 0 Å². The topological polar surface area (TPSA) is 87.4 Å². The third-order valence-electron chi connectivity index (χ3n) is 2.13. The molecule has 2 aromatic heterocycles. The molecular weight excluding hydrogens is 194 g/mol. The fourth-order valence-corrected chi connectivity index (χ4v) is 1.34. The average Bonchev–Trinajstić information content (AvgIpc) is 2.82. The lowest BCUT2D eigenvalue weighted by atomic mass is 10.4. The Bertz CT molecular complexity index is 430. The summed E-state index contributed by atoms with van der Waals surface area (Å²) in [4.78, 5) is 4.20. The number of tetrazole rings is 1. The van der Waals surface area contributed by atoms with Crippen molar-refractivity contribution in [3.05, 3.63) is 12.4 Å². The minimum Gasteiger partial charge on any atom is -0.331 e. The van der Waals surface area contributed by atoms with Crippen molar-refractivity contribution in [2.24, 2.45) is 12.8 Å². The summed E-state index contributed by atoms with van der Waals surface area (Å²) in [5, 5.41) is 11.5. The molecule has 0 fully saturated rings. The average molecular weight is 207 g/mol. The highest BCUT2D eigenvalue weighted by molar-refractivity contribution is 5.42. The summed E-state index contributed by atoms with van der Waals surface area (Å²) in [6.45, 7) is 1.34. The summed E-state index contributed by atoms with van der Waals surface area (Å²) in [5.74, 6) is 1.44. The number of hydrogen-bond donors (Lipinski definition) is 1. The van der Waals surface area contributed by atoms with E-state index in [1.165, 1.54) is 0 Å². The highest BCUT2D eigenvalue weighted by Gasteiger charge is 2.12. The number of aromatic nitrogens is 6. The molecule has 0 spiro atoms. The predicted molar refractivity (Wildman–Crippen MR) is 53.7 cm³/mol. The zero-order valence-corrected chi connectivity index (χ0v) is 8.54. The molecule has 0 unspecified atom stereocenters. The van der Waals surface area contributed by atoms with E-state index in [1.54, 1.807) is 10.9 Å². The van der Waals surface area contributed by atoms with Crippen LogP contribution in [0.5, 0.6) is 0 Å². The van der Waals surface area contributed by atoms with Crippen molar-refractivity contribution in [3.63, 3.8) is 0 Å². The molecule has 0 saturated carbocycles. The molecule has 2 N–H and O–H groups in total. The summed E-state index contributed by atoms with van der Waals surface area (Å²) in [7, 11) is 1.91. The molecule has 0 aliphatic carbocycles. The second kappa shape index (κ2) is 4.18. The maximum atomic E-state index is 5.44. The van der Waals surface area contributed by atoms with E-state index in [0.29, 0.717) is 18.9 Å². The largest absolute Gasteiger partial charge is 0.331 e. The van der Waals surface area contributed by atoms with Gasteiger partial charge in [-0.3, -0.25) is 0 Å². The number of rotatable bonds is 4. The Hall–Kier alpha value is -1.76. The van der Waals surface area contributed by atoms with E-state index in [1.807, 2.05) is 17.8 Å². The van der Waals surface area contributed by atoms with Gasteiger partial charge in [0.2, 0.25) is 5.82 Å². The minimum atomic E-state index is 0.625. The van der Waals surface area contributed by atoms with Gasteiger partial charge in [0, 0.05) is 26.0 Å². The number of imidazole rings is 1. The Morgan fingerprint density at radius 3 is 2.93 bits per heavy atom. The first-order chi connectivity index (χ1) is 7.33. The van der Waals surface area contributed by atoms with E-state index < -0.39 is 0 Å². The maximum absolute atomic E-state index is 5.44. The van der Waals surface area contributed by atoms with E-state index in [0.717, 1.165) is 12.2 Å². The summed E-state index contributed by atoms with van der Waals surface area (Å²) in [6.07, 6.45) is 4.43. The Morgan fingerprint density at radius 1 is 1.40 bits per heavy atom. The molecule has 0 amide bonds. The molecule has 0 atom stereocenters. The van der Waals surface area contributed by atoms with Crippen molar-refractivity contribution < 1.29 is 0 Å². The molecule has 2 aromatic rings. The zero-order chi connectivity index (χ0) is 10.7. The second-order valence-corrected chi connectivity index (χ2v) is 3.23. The van der Waals surface area contributed by atoms with Crippen LogP contribution in [0.15, 0.2) is 12.4 Å². The van der Waals surface area contributed by atoms with Crippen LogP contribution < -0.4 is 5.73 Å². The van der Waals surface area contributed by atoms with Gasteiger partial charge >= 0.3 is 0 Å². The van der Waals surface area contributed by atoms with Gasteiger partial charge in [-0.25, -0.2) is 9.67 Å². The Balaban J connectivity index is 2.29. The van der Waals surface area contributed by atoms with Crippen LogP contribution in [0, 0.1) is 0 Å². The van der Waals surface area contributed by atoms with Gasteiger partial charge < -0.3 is 10.3 Å². The molecule has 15 heavy (non-hydrogen) atoms. The lowest BCUT2D eigenvalue weighted by Crippen LogP contribution is -2.09. The van der Waals surface area contributed by atoms with Crippen LogP contribution in [0.25, 0.3) is 11.6 Å². The molecular formula is C8H13N7. The smallest absolute Gasteiger partial charge is 0.218 e. The minimum absolute atomic E-state index is 0.625. The number of hydrogen-bond acceptors (Lipinski definition) is 5. The van der Waals surface area contributed by atoms with E-state index in [2.05, 4.69) is 20.5 Å². The fourth-order valence-electron chi connectivity index (χ4n) is 1.34. The van der Waals surface area contributed by atoms with Crippen LogP contribution in [0.4, 0.5) is 0 Å². The number of nitrogens with two attached hydrogens (primary N) is 1. The summed E-state index contributed by atoms with van der Waals surface area (Å²) in [6, 6.07) is 0. The van der Waals surface area contributed by atoms with E-state index in [-0.39, 0.29) is 0 Å². The van der Waals surface area contributed by atoms with E-state index in [9.17, 15) is 0 Å². The lowest BCUT2D eigenvalue weighted by molar-refractivity contribution is 0.566. The zero-order valence-electron chi connectivity index (χ0n) is 8.54. The van der Waals surface area contributed by atoms with Crippen molar-refractivity contribution in [2.45, 2.75) is 13.0 Å². The molecule has 0 radical (unpaired) electrons. The Kier molecular flexibility index (Phi) is 2.72. The van der Waals surface area contributed by atoms with E-state index >= 15 is 0 Å². The first-order valence-electron chi connectivity index (χ1n) is 4.77. The van der Waals surface area contributed by atoms with Crippen LogP contribution in [0.2, 0.25) is 0 Å². The van der Waals surface area contributed by atoms with Gasteiger partial charge in [-0.05, 0) is 23.4 Å². The summed E-state index contributed by atoms with van der Waals surface area (Å²) in [5.41, 5.74) is 5.44. The van der Waals surface area contributed by atoms with Gasteiger partial charge in [0.1, 0.15) is 0 Å². The van der Waals surface area contributed by atoms with Crippen molar-refractivity contribution in [3.8, 4) is 11.6 Å². The highest BCUT2D eigenvalue weighted by atomic mass is 15.5. The van der Waals surface area contributed by atoms with Gasteiger partial charge in [-0.1, -0.05) is 0 Å². The molecule has 2 rings (SSSR count). The fraction of sp³-hybridized carbons (Fsp3) is 0.500. The Morgan fingerprint density at radius 2 is 2.27 bits per heavy atom. The standard InChI is InChI=1S/C8H13N7/c1-14-6-4-10-7(14)8-11-12-13-15(8)5-2-3-9/h4,6H,2-3,5,9H2,1H3. The third kappa shape index (κ3) is 1.86. The maximum Gasteiger partial charge on any atom is 0.218 e. The predicted octanol–water partition coefficient (Wildman–Crippen LogP) is -0.578. The summed E-state index contributed by atoms with van der Waals surface area (Å²) < 4.78 is 3.60. The van der Waals surface area contributed by atoms with Crippen LogP contribution in [-0.4, -0.2) is 36.3 Å². The van der Waals surface area contributed by atoms with Crippen LogP contribution in [0.1, 0.15) is 6.42 Å². The lowest BCUT2D eigenvalue weighted by Gasteiger charge is -2.02. The van der Waals surface area contributed by atoms with Gasteiger partial charge in [0.15, 0.2) is 5.82 Å². The molecule has 7 nitrogen and oxygen atoms in total. The first-order valence-corrected chi connectivity index (χ1v) is 4.77. The summed E-state index contributed by atoms with van der Waals surface area (Å²) >= 11 is 0. The molecule has 2 heterocycles. The molecule has 7 heteroatoms. The molecule has 0 aromatic carbocycles. The normalized spacial score (nSPS) is 10.8. The molecule has 0 aliphatic rings. The van der Waals surface area contributed by atoms with Gasteiger partial charge in [-0.2, -0.15) is 0 Å². The van der Waals surface area contributed by atoms with Crippen LogP contribution in [0.3, 0.4) is 0 Å². The van der Waals surface area contributed by atoms with Crippen molar-refractivity contribution in [2.75, 3.05) is 6.54 Å². The monoisotopic (exact) mass is 207 g/mol. The second-order valence-electron chi connectivity index (χ2n) is 3.23. The third-order valence-corrected chi connectivity index (χ3v) is 2.13. The van der Waals surface area contributed by atoms with E-state index in [4.69, 9.17) is 5.73 Å². The van der Waals surface area contributed by atoms with Gasteiger partial charge in [0.25, 0.3) is 0 Å². The molecule has 0 saturated heterocycles. The van der Waals surface area contributed by atoms with Gasteiger partial charge in [-0.15, -0.1) is 5.10 Å². The quantitative estimate of drug-likeness (QED) is 0.724. The van der Waals surface area contributed by atoms with Crippen molar-refractivity contribution in [1.29, 1.82) is 0 Å². The number of nitrogens with zero attached hydrogens (tertiary/aromatic N) is 6. The van der Waals surface area contributed by atoms with Crippen LogP contribution in [-0.2, 0) is 13.6 Å². The molecule has 0 aliphatic heterocycles. The van der Waals surface area contributed by atoms with Crippen molar-refractivity contribution in [1.82, 2.24) is 29.8 Å². The number of aryl methyl sites for hydroxylation is 2.